The number of fused-ring (bicyclic) bond motifs is 3. The fourth-order valence-electron chi connectivity index (χ4n) is 3.87. The Morgan fingerprint density at radius 2 is 1.45 bits per heavy atom. The zero-order valence-electron chi connectivity index (χ0n) is 17.7. The Labute approximate surface area is 171 Å². The third-order valence-electron chi connectivity index (χ3n) is 5.04. The molecule has 0 aromatic heterocycles. The minimum absolute atomic E-state index is 0.181. The molecule has 1 aliphatic carbocycles. The summed E-state index contributed by atoms with van der Waals surface area (Å²) in [6.07, 6.45) is 2.50. The summed E-state index contributed by atoms with van der Waals surface area (Å²) in [6, 6.07) is 5.54. The second-order valence-corrected chi connectivity index (χ2v) is 6.68. The first-order valence-corrected chi connectivity index (χ1v) is 9.88. The van der Waals surface area contributed by atoms with E-state index in [4.69, 9.17) is 23.7 Å². The molecule has 0 heterocycles. The van der Waals surface area contributed by atoms with E-state index in [9.17, 15) is 4.79 Å². The molecule has 0 radical (unpaired) electrons. The van der Waals surface area contributed by atoms with Crippen LogP contribution < -0.4 is 29.1 Å². The van der Waals surface area contributed by atoms with E-state index >= 15 is 0 Å². The van der Waals surface area contributed by atoms with Crippen molar-refractivity contribution in [1.82, 2.24) is 0 Å². The predicted molar refractivity (Wildman–Crippen MR) is 112 cm³/mol. The lowest BCUT2D eigenvalue weighted by Gasteiger charge is -2.19. The largest absolute Gasteiger partial charge is 0.493 e. The van der Waals surface area contributed by atoms with Gasteiger partial charge in [-0.05, 0) is 68.0 Å². The highest BCUT2D eigenvalue weighted by atomic mass is 16.5. The highest BCUT2D eigenvalue weighted by Crippen LogP contribution is 2.49. The molecule has 0 spiro atoms. The fourth-order valence-corrected chi connectivity index (χ4v) is 3.87. The minimum atomic E-state index is -0.181. The van der Waals surface area contributed by atoms with Gasteiger partial charge >= 0.3 is 0 Å². The number of methoxy groups -OCH3 is 3. The van der Waals surface area contributed by atoms with Crippen LogP contribution in [-0.2, 0) is 12.8 Å². The minimum Gasteiger partial charge on any atom is -0.493 e. The topological polar surface area (TPSA) is 63.2 Å². The van der Waals surface area contributed by atoms with Crippen LogP contribution in [0.1, 0.15) is 31.4 Å². The first-order chi connectivity index (χ1) is 14.1. The van der Waals surface area contributed by atoms with Gasteiger partial charge < -0.3 is 23.7 Å². The Kier molecular flexibility index (Phi) is 6.52. The standard InChI is InChI=1S/C23H28O6/c1-6-28-19-13-16-14(11-17(24)21(19)29-7-2)9-8-10-15-12-18(25-3)22(26-4)23(27-5)20(15)16/h11-13H,6-10H2,1-5H3. The van der Waals surface area contributed by atoms with Crippen molar-refractivity contribution >= 4 is 0 Å². The van der Waals surface area contributed by atoms with Crippen molar-refractivity contribution in [2.24, 2.45) is 0 Å². The lowest BCUT2D eigenvalue weighted by Crippen LogP contribution is -2.07. The summed E-state index contributed by atoms with van der Waals surface area (Å²) in [5, 5.41) is 0. The van der Waals surface area contributed by atoms with Gasteiger partial charge in [-0.2, -0.15) is 0 Å². The molecule has 156 valence electrons. The van der Waals surface area contributed by atoms with Crippen LogP contribution in [0.4, 0.5) is 0 Å². The van der Waals surface area contributed by atoms with Crippen molar-refractivity contribution in [2.75, 3.05) is 34.5 Å². The van der Waals surface area contributed by atoms with E-state index in [1.165, 1.54) is 0 Å². The van der Waals surface area contributed by atoms with Crippen LogP contribution in [0.2, 0.25) is 0 Å². The molecule has 0 saturated heterocycles. The molecule has 0 atom stereocenters. The molecule has 0 amide bonds. The number of hydrogen-bond donors (Lipinski definition) is 0. The van der Waals surface area contributed by atoms with Crippen molar-refractivity contribution in [1.29, 1.82) is 0 Å². The molecular formula is C23H28O6. The third-order valence-corrected chi connectivity index (χ3v) is 5.04. The van der Waals surface area contributed by atoms with Gasteiger partial charge in [-0.3, -0.25) is 4.79 Å². The molecule has 0 fully saturated rings. The molecule has 2 aromatic carbocycles. The summed E-state index contributed by atoms with van der Waals surface area (Å²) in [5.41, 5.74) is 3.63. The van der Waals surface area contributed by atoms with Crippen LogP contribution in [0.5, 0.6) is 28.7 Å². The number of ether oxygens (including phenoxy) is 5. The Balaban J connectivity index is 2.42. The predicted octanol–water partition coefficient (Wildman–Crippen LogP) is 4.03. The van der Waals surface area contributed by atoms with Gasteiger partial charge in [0, 0.05) is 5.56 Å². The molecule has 1 aliphatic rings. The zero-order chi connectivity index (χ0) is 21.0. The van der Waals surface area contributed by atoms with Gasteiger partial charge in [-0.1, -0.05) is 0 Å². The molecular weight excluding hydrogens is 372 g/mol. The van der Waals surface area contributed by atoms with Crippen molar-refractivity contribution in [2.45, 2.75) is 33.1 Å². The van der Waals surface area contributed by atoms with Gasteiger partial charge in [0.25, 0.3) is 0 Å². The van der Waals surface area contributed by atoms with E-state index in [1.54, 1.807) is 27.4 Å². The molecule has 0 unspecified atom stereocenters. The Hall–Kier alpha value is -2.89. The fraction of sp³-hybridized carbons (Fsp3) is 0.435. The summed E-state index contributed by atoms with van der Waals surface area (Å²) < 4.78 is 28.3. The highest BCUT2D eigenvalue weighted by molar-refractivity contribution is 5.83. The summed E-state index contributed by atoms with van der Waals surface area (Å²) in [7, 11) is 4.81. The van der Waals surface area contributed by atoms with E-state index < -0.39 is 0 Å². The molecule has 0 aliphatic heterocycles. The van der Waals surface area contributed by atoms with Gasteiger partial charge in [0.05, 0.1) is 34.5 Å². The molecule has 0 N–H and O–H groups in total. The second-order valence-electron chi connectivity index (χ2n) is 6.68. The van der Waals surface area contributed by atoms with E-state index in [0.29, 0.717) is 36.2 Å². The van der Waals surface area contributed by atoms with E-state index in [1.807, 2.05) is 26.0 Å². The summed E-state index contributed by atoms with van der Waals surface area (Å²) in [4.78, 5) is 12.9. The number of benzene rings is 1. The number of hydrogen-bond acceptors (Lipinski definition) is 6. The lowest BCUT2D eigenvalue weighted by molar-refractivity contribution is 0.286. The summed E-state index contributed by atoms with van der Waals surface area (Å²) in [6.45, 7) is 4.54. The van der Waals surface area contributed by atoms with Crippen molar-refractivity contribution in [3.8, 4) is 39.9 Å². The zero-order valence-corrected chi connectivity index (χ0v) is 17.7. The Morgan fingerprint density at radius 1 is 0.759 bits per heavy atom. The number of rotatable bonds is 7. The molecule has 0 bridgehead atoms. The van der Waals surface area contributed by atoms with E-state index in [-0.39, 0.29) is 11.2 Å². The summed E-state index contributed by atoms with van der Waals surface area (Å²) >= 11 is 0. The van der Waals surface area contributed by atoms with E-state index in [2.05, 4.69) is 0 Å². The SMILES string of the molecule is CCOc1cc2c(cc(=O)c1OCC)CCCc1cc(OC)c(OC)c(OC)c1-2. The highest BCUT2D eigenvalue weighted by Gasteiger charge is 2.26. The van der Waals surface area contributed by atoms with E-state index in [0.717, 1.165) is 41.5 Å². The second kappa shape index (κ2) is 9.07. The van der Waals surface area contributed by atoms with Crippen LogP contribution in [0.15, 0.2) is 23.0 Å². The normalized spacial score (nSPS) is 12.3. The third kappa shape index (κ3) is 3.84. The van der Waals surface area contributed by atoms with Gasteiger partial charge in [-0.15, -0.1) is 0 Å². The molecule has 29 heavy (non-hydrogen) atoms. The maximum absolute atomic E-state index is 12.9. The first-order valence-electron chi connectivity index (χ1n) is 9.88. The van der Waals surface area contributed by atoms with Crippen LogP contribution in [-0.4, -0.2) is 34.5 Å². The van der Waals surface area contributed by atoms with Gasteiger partial charge in [0.1, 0.15) is 0 Å². The van der Waals surface area contributed by atoms with Gasteiger partial charge in [0.2, 0.25) is 16.9 Å². The quantitative estimate of drug-likeness (QED) is 0.699. The average Bonchev–Trinajstić information content (AvgIpc) is 2.96. The van der Waals surface area contributed by atoms with Crippen LogP contribution in [0.25, 0.3) is 11.1 Å². The van der Waals surface area contributed by atoms with Crippen LogP contribution in [0.3, 0.4) is 0 Å². The maximum atomic E-state index is 12.9. The Bertz CT molecular complexity index is 951. The van der Waals surface area contributed by atoms with Gasteiger partial charge in [0.15, 0.2) is 17.2 Å². The number of aryl methyl sites for hydroxylation is 2. The van der Waals surface area contributed by atoms with Crippen LogP contribution >= 0.6 is 0 Å². The first kappa shape index (κ1) is 20.8. The molecule has 0 saturated carbocycles. The molecule has 2 aromatic rings. The maximum Gasteiger partial charge on any atom is 0.224 e. The smallest absolute Gasteiger partial charge is 0.224 e. The lowest BCUT2D eigenvalue weighted by atomic mass is 9.96. The average molecular weight is 400 g/mol. The Morgan fingerprint density at radius 3 is 2.07 bits per heavy atom. The summed E-state index contributed by atoms with van der Waals surface area (Å²) in [5.74, 6) is 2.41. The molecule has 6 nitrogen and oxygen atoms in total. The molecule has 6 heteroatoms. The molecule has 3 rings (SSSR count). The monoisotopic (exact) mass is 400 g/mol. The van der Waals surface area contributed by atoms with Crippen molar-refractivity contribution in [3.05, 3.63) is 39.5 Å². The van der Waals surface area contributed by atoms with Crippen LogP contribution in [0, 0.1) is 0 Å². The van der Waals surface area contributed by atoms with Crippen molar-refractivity contribution in [3.63, 3.8) is 0 Å². The van der Waals surface area contributed by atoms with Gasteiger partial charge in [-0.25, -0.2) is 0 Å². The van der Waals surface area contributed by atoms with Crippen molar-refractivity contribution < 1.29 is 23.7 Å².